The molecule has 1 aliphatic rings. The highest BCUT2D eigenvalue weighted by Gasteiger charge is 2.25. The van der Waals surface area contributed by atoms with Crippen molar-refractivity contribution in [3.8, 4) is 0 Å². The standard InChI is InChI=1S/C25H32N2O5S/c1-20(25(29)26(2)22-10-6-5-7-11-22)32-24(28)17-14-21-12-15-23(16-13-21)33(30,31)27-18-8-3-4-9-19-27/h5-7,10-13,15-16,20H,3-4,8-9,14,17-19H2,1-2H3. The number of nitrogens with zero attached hydrogens (tertiary/aromatic N) is 2. The van der Waals surface area contributed by atoms with E-state index in [1.807, 2.05) is 30.3 Å². The molecule has 1 heterocycles. The van der Waals surface area contributed by atoms with E-state index in [1.165, 1.54) is 4.90 Å². The quantitative estimate of drug-likeness (QED) is 0.546. The molecule has 2 aromatic rings. The fraction of sp³-hybridized carbons (Fsp3) is 0.440. The Morgan fingerprint density at radius 3 is 2.18 bits per heavy atom. The Labute approximate surface area is 196 Å². The van der Waals surface area contributed by atoms with Gasteiger partial charge in [-0.05, 0) is 56.0 Å². The van der Waals surface area contributed by atoms with E-state index in [1.54, 1.807) is 42.5 Å². The van der Waals surface area contributed by atoms with Gasteiger partial charge in [-0.25, -0.2) is 8.42 Å². The number of benzene rings is 2. The smallest absolute Gasteiger partial charge is 0.306 e. The normalized spacial score (nSPS) is 15.9. The Balaban J connectivity index is 1.51. The van der Waals surface area contributed by atoms with Crippen molar-refractivity contribution >= 4 is 27.6 Å². The van der Waals surface area contributed by atoms with Crippen LogP contribution < -0.4 is 4.90 Å². The molecular formula is C25H32N2O5S. The zero-order chi connectivity index (χ0) is 23.8. The minimum atomic E-state index is -3.49. The number of carbonyl (C=O) groups is 2. The van der Waals surface area contributed by atoms with Gasteiger partial charge in [0.2, 0.25) is 10.0 Å². The van der Waals surface area contributed by atoms with Crippen molar-refractivity contribution in [1.82, 2.24) is 4.31 Å². The first-order chi connectivity index (χ1) is 15.8. The van der Waals surface area contributed by atoms with Crippen molar-refractivity contribution in [2.24, 2.45) is 0 Å². The second-order valence-corrected chi connectivity index (χ2v) is 10.3. The number of likely N-dealkylation sites (N-methyl/N-ethyl adjacent to an activating group) is 1. The minimum Gasteiger partial charge on any atom is -0.453 e. The number of rotatable bonds is 8. The Bertz CT molecular complexity index is 1030. The van der Waals surface area contributed by atoms with Crippen molar-refractivity contribution in [3.63, 3.8) is 0 Å². The lowest BCUT2D eigenvalue weighted by molar-refractivity contribution is -0.153. The molecule has 1 saturated heterocycles. The van der Waals surface area contributed by atoms with E-state index in [2.05, 4.69) is 0 Å². The third-order valence-corrected chi connectivity index (χ3v) is 7.79. The van der Waals surface area contributed by atoms with Crippen LogP contribution in [0.25, 0.3) is 0 Å². The maximum absolute atomic E-state index is 12.9. The predicted octanol–water partition coefficient (Wildman–Crippen LogP) is 3.78. The fourth-order valence-electron chi connectivity index (χ4n) is 3.86. The molecule has 1 unspecified atom stereocenters. The summed E-state index contributed by atoms with van der Waals surface area (Å²) in [4.78, 5) is 26.5. The number of aryl methyl sites for hydroxylation is 1. The maximum Gasteiger partial charge on any atom is 0.306 e. The van der Waals surface area contributed by atoms with Crippen LogP contribution >= 0.6 is 0 Å². The average molecular weight is 473 g/mol. The molecule has 1 atom stereocenters. The summed E-state index contributed by atoms with van der Waals surface area (Å²) in [6.45, 7) is 2.68. The summed E-state index contributed by atoms with van der Waals surface area (Å²) in [5, 5.41) is 0. The molecule has 7 nitrogen and oxygen atoms in total. The molecule has 1 aliphatic heterocycles. The molecule has 33 heavy (non-hydrogen) atoms. The molecule has 178 valence electrons. The summed E-state index contributed by atoms with van der Waals surface area (Å²) in [7, 11) is -1.85. The van der Waals surface area contributed by atoms with E-state index in [0.717, 1.165) is 36.9 Å². The molecule has 0 spiro atoms. The molecule has 0 bridgehead atoms. The highest BCUT2D eigenvalue weighted by Crippen LogP contribution is 2.21. The van der Waals surface area contributed by atoms with Gasteiger partial charge in [-0.1, -0.05) is 43.2 Å². The van der Waals surface area contributed by atoms with Gasteiger partial charge in [0.05, 0.1) is 4.90 Å². The van der Waals surface area contributed by atoms with E-state index in [0.29, 0.717) is 19.5 Å². The van der Waals surface area contributed by atoms with Crippen LogP contribution in [0.3, 0.4) is 0 Å². The van der Waals surface area contributed by atoms with Gasteiger partial charge in [-0.3, -0.25) is 9.59 Å². The molecule has 1 fully saturated rings. The third kappa shape index (κ3) is 6.65. The van der Waals surface area contributed by atoms with Crippen LogP contribution in [-0.4, -0.2) is 50.8 Å². The summed E-state index contributed by atoms with van der Waals surface area (Å²) in [5.41, 5.74) is 1.56. The van der Waals surface area contributed by atoms with Crippen LogP contribution in [0.15, 0.2) is 59.5 Å². The van der Waals surface area contributed by atoms with E-state index >= 15 is 0 Å². The van der Waals surface area contributed by atoms with Crippen LogP contribution in [-0.2, 0) is 30.8 Å². The monoisotopic (exact) mass is 472 g/mol. The number of hydrogen-bond acceptors (Lipinski definition) is 5. The zero-order valence-corrected chi connectivity index (χ0v) is 20.1. The first-order valence-corrected chi connectivity index (χ1v) is 12.8. The number of hydrogen-bond donors (Lipinski definition) is 0. The van der Waals surface area contributed by atoms with Crippen LogP contribution in [0.1, 0.15) is 44.6 Å². The summed E-state index contributed by atoms with van der Waals surface area (Å²) in [6.07, 6.45) is 3.51. The molecule has 0 saturated carbocycles. The SMILES string of the molecule is CC(OC(=O)CCc1ccc(S(=O)(=O)N2CCCCCC2)cc1)C(=O)N(C)c1ccccc1. The largest absolute Gasteiger partial charge is 0.453 e. The summed E-state index contributed by atoms with van der Waals surface area (Å²) < 4.78 is 32.6. The third-order valence-electron chi connectivity index (χ3n) is 5.87. The van der Waals surface area contributed by atoms with Crippen molar-refractivity contribution in [3.05, 3.63) is 60.2 Å². The molecule has 3 rings (SSSR count). The Morgan fingerprint density at radius 1 is 0.970 bits per heavy atom. The second-order valence-electron chi connectivity index (χ2n) is 8.33. The summed E-state index contributed by atoms with van der Waals surface area (Å²) >= 11 is 0. The fourth-order valence-corrected chi connectivity index (χ4v) is 5.38. The van der Waals surface area contributed by atoms with E-state index in [4.69, 9.17) is 4.74 Å². The van der Waals surface area contributed by atoms with Gasteiger partial charge < -0.3 is 9.64 Å². The lowest BCUT2D eigenvalue weighted by Crippen LogP contribution is -2.37. The molecule has 0 radical (unpaired) electrons. The van der Waals surface area contributed by atoms with Gasteiger partial charge in [-0.15, -0.1) is 0 Å². The second kappa shape index (κ2) is 11.4. The Morgan fingerprint density at radius 2 is 1.58 bits per heavy atom. The minimum absolute atomic E-state index is 0.102. The number of sulfonamides is 1. The summed E-state index contributed by atoms with van der Waals surface area (Å²) in [6, 6.07) is 15.8. The number of carbonyl (C=O) groups excluding carboxylic acids is 2. The van der Waals surface area contributed by atoms with Crippen molar-refractivity contribution in [2.75, 3.05) is 25.0 Å². The van der Waals surface area contributed by atoms with Crippen LogP contribution in [0.4, 0.5) is 5.69 Å². The van der Waals surface area contributed by atoms with Crippen LogP contribution in [0.5, 0.6) is 0 Å². The van der Waals surface area contributed by atoms with E-state index < -0.39 is 22.1 Å². The van der Waals surface area contributed by atoms with Gasteiger partial charge in [0.1, 0.15) is 0 Å². The molecule has 1 amide bonds. The number of ether oxygens (including phenoxy) is 1. The lowest BCUT2D eigenvalue weighted by atomic mass is 10.1. The van der Waals surface area contributed by atoms with Gasteiger partial charge in [0.25, 0.3) is 5.91 Å². The van der Waals surface area contributed by atoms with Crippen LogP contribution in [0, 0.1) is 0 Å². The molecule has 0 aromatic heterocycles. The molecule has 2 aromatic carbocycles. The molecular weight excluding hydrogens is 440 g/mol. The van der Waals surface area contributed by atoms with Crippen LogP contribution in [0.2, 0.25) is 0 Å². The number of amides is 1. The van der Waals surface area contributed by atoms with Crippen molar-refractivity contribution < 1.29 is 22.7 Å². The maximum atomic E-state index is 12.9. The molecule has 0 N–H and O–H groups in total. The number of anilines is 1. The van der Waals surface area contributed by atoms with Gasteiger partial charge in [0, 0.05) is 32.2 Å². The number of para-hydroxylation sites is 1. The predicted molar refractivity (Wildman–Crippen MR) is 127 cm³/mol. The van der Waals surface area contributed by atoms with Gasteiger partial charge in [0.15, 0.2) is 6.10 Å². The Hall–Kier alpha value is -2.71. The van der Waals surface area contributed by atoms with Gasteiger partial charge >= 0.3 is 5.97 Å². The first kappa shape index (κ1) is 24.9. The highest BCUT2D eigenvalue weighted by molar-refractivity contribution is 7.89. The Kier molecular flexibility index (Phi) is 8.63. The van der Waals surface area contributed by atoms with Crippen molar-refractivity contribution in [2.45, 2.75) is 56.4 Å². The first-order valence-electron chi connectivity index (χ1n) is 11.4. The van der Waals surface area contributed by atoms with E-state index in [9.17, 15) is 18.0 Å². The molecule has 0 aliphatic carbocycles. The highest BCUT2D eigenvalue weighted by atomic mass is 32.2. The zero-order valence-electron chi connectivity index (χ0n) is 19.3. The van der Waals surface area contributed by atoms with E-state index in [-0.39, 0.29) is 17.2 Å². The van der Waals surface area contributed by atoms with Gasteiger partial charge in [-0.2, -0.15) is 4.31 Å². The summed E-state index contributed by atoms with van der Waals surface area (Å²) in [5.74, 6) is -0.781. The lowest BCUT2D eigenvalue weighted by Gasteiger charge is -2.21. The molecule has 8 heteroatoms. The average Bonchev–Trinajstić information content (AvgIpc) is 3.13. The number of esters is 1. The van der Waals surface area contributed by atoms with Crippen molar-refractivity contribution in [1.29, 1.82) is 0 Å². The topological polar surface area (TPSA) is 84.0 Å².